The number of carboxylic acid groups (broad SMARTS) is 1. The monoisotopic (exact) mass is 220 g/mol. The second-order valence-corrected chi connectivity index (χ2v) is 3.81. The largest absolute Gasteiger partial charge is 0.550 e. The molecule has 1 fully saturated rings. The van der Waals surface area contributed by atoms with E-state index in [4.69, 9.17) is 5.11 Å². The van der Waals surface area contributed by atoms with Gasteiger partial charge in [-0.25, -0.2) is 0 Å². The van der Waals surface area contributed by atoms with Crippen molar-refractivity contribution >= 4 is 17.6 Å². The van der Waals surface area contributed by atoms with E-state index in [1.807, 2.05) is 0 Å². The Bertz CT molecular complexity index is 443. The van der Waals surface area contributed by atoms with E-state index in [-0.39, 0.29) is 11.7 Å². The lowest BCUT2D eigenvalue weighted by molar-refractivity contribution is -0.308. The van der Waals surface area contributed by atoms with E-state index in [2.05, 4.69) is 5.32 Å². The van der Waals surface area contributed by atoms with Crippen LogP contribution in [0.25, 0.3) is 0 Å². The lowest BCUT2D eigenvalue weighted by Crippen LogP contribution is -2.27. The number of rotatable bonds is 3. The van der Waals surface area contributed by atoms with Crippen LogP contribution in [0, 0.1) is 11.8 Å². The van der Waals surface area contributed by atoms with Crippen molar-refractivity contribution in [1.82, 2.24) is 0 Å². The Balaban J connectivity index is 1.96. The lowest BCUT2D eigenvalue weighted by Gasteiger charge is -2.05. The SMILES string of the molecule is O=C([O-])[C@H]1C[C@@H]1C(=O)Nc1cccc(O)c1. The van der Waals surface area contributed by atoms with Gasteiger partial charge in [0, 0.05) is 29.6 Å². The molecule has 2 N–H and O–H groups in total. The number of carbonyl (C=O) groups is 2. The topological polar surface area (TPSA) is 89.5 Å². The summed E-state index contributed by atoms with van der Waals surface area (Å²) in [5.41, 5.74) is 0.453. The fourth-order valence-electron chi connectivity index (χ4n) is 1.56. The highest BCUT2D eigenvalue weighted by Crippen LogP contribution is 2.38. The van der Waals surface area contributed by atoms with Crippen LogP contribution in [0.1, 0.15) is 6.42 Å². The molecule has 0 aromatic heterocycles. The van der Waals surface area contributed by atoms with Crippen LogP contribution in [0.15, 0.2) is 24.3 Å². The maximum absolute atomic E-state index is 11.5. The Morgan fingerprint density at radius 1 is 1.38 bits per heavy atom. The minimum absolute atomic E-state index is 0.0463. The Kier molecular flexibility index (Phi) is 2.52. The Morgan fingerprint density at radius 3 is 2.69 bits per heavy atom. The molecule has 16 heavy (non-hydrogen) atoms. The predicted octanol–water partition coefficient (Wildman–Crippen LogP) is -0.283. The van der Waals surface area contributed by atoms with Crippen LogP contribution in [0.5, 0.6) is 5.75 Å². The number of phenols is 1. The van der Waals surface area contributed by atoms with Gasteiger partial charge in [-0.1, -0.05) is 6.07 Å². The summed E-state index contributed by atoms with van der Waals surface area (Å²) in [6, 6.07) is 6.09. The summed E-state index contributed by atoms with van der Waals surface area (Å²) in [7, 11) is 0. The minimum atomic E-state index is -1.18. The summed E-state index contributed by atoms with van der Waals surface area (Å²) in [6.07, 6.45) is 0.326. The van der Waals surface area contributed by atoms with E-state index in [1.54, 1.807) is 12.1 Å². The Morgan fingerprint density at radius 2 is 2.12 bits per heavy atom. The van der Waals surface area contributed by atoms with Crippen molar-refractivity contribution in [2.24, 2.45) is 11.8 Å². The molecule has 1 aromatic rings. The Labute approximate surface area is 91.7 Å². The van der Waals surface area contributed by atoms with Gasteiger partial charge in [0.2, 0.25) is 5.91 Å². The number of carbonyl (C=O) groups excluding carboxylic acids is 2. The zero-order chi connectivity index (χ0) is 11.7. The maximum Gasteiger partial charge on any atom is 0.228 e. The number of aromatic hydroxyl groups is 1. The van der Waals surface area contributed by atoms with Crippen molar-refractivity contribution < 1.29 is 19.8 Å². The molecule has 84 valence electrons. The molecule has 1 aliphatic rings. The molecular weight excluding hydrogens is 210 g/mol. The third kappa shape index (κ3) is 2.13. The number of phenolic OH excluding ortho intramolecular Hbond substituents is 1. The average molecular weight is 220 g/mol. The fraction of sp³-hybridized carbons (Fsp3) is 0.273. The van der Waals surface area contributed by atoms with Crippen molar-refractivity contribution in [3.8, 4) is 5.75 Å². The van der Waals surface area contributed by atoms with Gasteiger partial charge in [0.25, 0.3) is 0 Å². The summed E-state index contributed by atoms with van der Waals surface area (Å²) in [6.45, 7) is 0. The van der Waals surface area contributed by atoms with Crippen LogP contribution in [0.4, 0.5) is 5.69 Å². The third-order valence-electron chi connectivity index (χ3n) is 2.54. The number of aliphatic carboxylic acids is 1. The second kappa shape index (κ2) is 3.84. The van der Waals surface area contributed by atoms with E-state index in [9.17, 15) is 14.7 Å². The number of carboxylic acids is 1. The second-order valence-electron chi connectivity index (χ2n) is 3.81. The van der Waals surface area contributed by atoms with Gasteiger partial charge >= 0.3 is 0 Å². The highest BCUT2D eigenvalue weighted by atomic mass is 16.4. The fourth-order valence-corrected chi connectivity index (χ4v) is 1.56. The van der Waals surface area contributed by atoms with E-state index in [1.165, 1.54) is 12.1 Å². The first-order valence-corrected chi connectivity index (χ1v) is 4.88. The predicted molar refractivity (Wildman–Crippen MR) is 53.3 cm³/mol. The summed E-state index contributed by atoms with van der Waals surface area (Å²) in [5, 5.41) is 22.2. The van der Waals surface area contributed by atoms with Crippen molar-refractivity contribution in [3.63, 3.8) is 0 Å². The standard InChI is InChI=1S/C11H11NO4/c13-7-3-1-2-6(4-7)12-10(14)8-5-9(8)11(15)16/h1-4,8-9,13H,5H2,(H,12,14)(H,15,16)/p-1/t8-,9-/m0/s1. The molecule has 0 heterocycles. The molecule has 0 bridgehead atoms. The Hall–Kier alpha value is -2.04. The molecule has 0 saturated heterocycles. The van der Waals surface area contributed by atoms with E-state index in [0.717, 1.165) is 0 Å². The first-order chi connectivity index (χ1) is 7.58. The van der Waals surface area contributed by atoms with Crippen molar-refractivity contribution in [1.29, 1.82) is 0 Å². The molecule has 5 heteroatoms. The molecule has 1 saturated carbocycles. The average Bonchev–Trinajstić information content (AvgIpc) is 2.96. The van der Waals surface area contributed by atoms with Crippen LogP contribution in [0.2, 0.25) is 0 Å². The minimum Gasteiger partial charge on any atom is -0.550 e. The van der Waals surface area contributed by atoms with Gasteiger partial charge in [-0.15, -0.1) is 0 Å². The van der Waals surface area contributed by atoms with Crippen LogP contribution in [-0.4, -0.2) is 17.0 Å². The van der Waals surface area contributed by atoms with Crippen molar-refractivity contribution in [3.05, 3.63) is 24.3 Å². The molecular formula is C11H10NO4-. The van der Waals surface area contributed by atoms with Gasteiger partial charge in [0.1, 0.15) is 5.75 Å². The zero-order valence-electron chi connectivity index (χ0n) is 8.34. The van der Waals surface area contributed by atoms with Gasteiger partial charge in [-0.2, -0.15) is 0 Å². The summed E-state index contributed by atoms with van der Waals surface area (Å²) < 4.78 is 0. The lowest BCUT2D eigenvalue weighted by atomic mass is 10.2. The molecule has 0 unspecified atom stereocenters. The summed E-state index contributed by atoms with van der Waals surface area (Å²) in [4.78, 5) is 22.0. The highest BCUT2D eigenvalue weighted by Gasteiger charge is 2.43. The van der Waals surface area contributed by atoms with Gasteiger partial charge in [-0.05, 0) is 18.6 Å². The molecule has 0 spiro atoms. The first-order valence-electron chi connectivity index (χ1n) is 4.88. The number of amides is 1. The molecule has 1 aliphatic carbocycles. The van der Waals surface area contributed by atoms with Crippen molar-refractivity contribution in [2.75, 3.05) is 5.32 Å². The quantitative estimate of drug-likeness (QED) is 0.732. The number of hydrogen-bond acceptors (Lipinski definition) is 4. The molecule has 0 aliphatic heterocycles. The maximum atomic E-state index is 11.5. The number of hydrogen-bond donors (Lipinski definition) is 2. The van der Waals surface area contributed by atoms with Crippen LogP contribution in [-0.2, 0) is 9.59 Å². The smallest absolute Gasteiger partial charge is 0.228 e. The molecule has 5 nitrogen and oxygen atoms in total. The van der Waals surface area contributed by atoms with Gasteiger partial charge in [0.05, 0.1) is 0 Å². The van der Waals surface area contributed by atoms with Gasteiger partial charge < -0.3 is 20.3 Å². The van der Waals surface area contributed by atoms with Gasteiger partial charge in [0.15, 0.2) is 0 Å². The molecule has 1 aromatic carbocycles. The number of anilines is 1. The van der Waals surface area contributed by atoms with Crippen molar-refractivity contribution in [2.45, 2.75) is 6.42 Å². The first kappa shape index (κ1) is 10.5. The normalized spacial score (nSPS) is 22.5. The van der Waals surface area contributed by atoms with E-state index < -0.39 is 17.8 Å². The van der Waals surface area contributed by atoms with Crippen LogP contribution < -0.4 is 10.4 Å². The number of nitrogens with one attached hydrogen (secondary N) is 1. The molecule has 2 atom stereocenters. The highest BCUT2D eigenvalue weighted by molar-refractivity contribution is 5.98. The van der Waals surface area contributed by atoms with Gasteiger partial charge in [-0.3, -0.25) is 4.79 Å². The zero-order valence-corrected chi connectivity index (χ0v) is 8.34. The molecule has 0 radical (unpaired) electrons. The van der Waals surface area contributed by atoms with Crippen LogP contribution in [0.3, 0.4) is 0 Å². The summed E-state index contributed by atoms with van der Waals surface area (Å²) >= 11 is 0. The molecule has 2 rings (SSSR count). The summed E-state index contributed by atoms with van der Waals surface area (Å²) in [5.74, 6) is -2.66. The van der Waals surface area contributed by atoms with E-state index >= 15 is 0 Å². The molecule has 1 amide bonds. The number of benzene rings is 1. The van der Waals surface area contributed by atoms with Crippen LogP contribution >= 0.6 is 0 Å². The van der Waals surface area contributed by atoms with E-state index in [0.29, 0.717) is 12.1 Å². The third-order valence-corrected chi connectivity index (χ3v) is 2.54.